The van der Waals surface area contributed by atoms with E-state index in [2.05, 4.69) is 39.1 Å². The van der Waals surface area contributed by atoms with E-state index in [0.717, 1.165) is 16.6 Å². The molecule has 1 aromatic heterocycles. The summed E-state index contributed by atoms with van der Waals surface area (Å²) in [5.74, 6) is 6.62. The van der Waals surface area contributed by atoms with Gasteiger partial charge in [0.2, 0.25) is 0 Å². The largest absolute Gasteiger partial charge is 0.271 e. The van der Waals surface area contributed by atoms with Crippen LogP contribution in [0.15, 0.2) is 15.9 Å². The summed E-state index contributed by atoms with van der Waals surface area (Å²) in [4.78, 5) is 1.29. The predicted octanol–water partition coefficient (Wildman–Crippen LogP) is 2.77. The summed E-state index contributed by atoms with van der Waals surface area (Å²) in [6.07, 6.45) is 3.17. The van der Waals surface area contributed by atoms with Crippen LogP contribution in [0.4, 0.5) is 0 Å². The van der Waals surface area contributed by atoms with Crippen LogP contribution in [0.2, 0.25) is 0 Å². The molecule has 1 atom stereocenters. The normalized spacial score (nSPS) is 13.2. The highest BCUT2D eigenvalue weighted by Gasteiger charge is 2.13. The molecule has 0 spiro atoms. The molecule has 0 radical (unpaired) electrons. The Kier molecular flexibility index (Phi) is 5.35. The number of thiophene rings is 1. The molecule has 1 rings (SSSR count). The van der Waals surface area contributed by atoms with Gasteiger partial charge in [0.15, 0.2) is 0 Å². The predicted molar refractivity (Wildman–Crippen MR) is 65.1 cm³/mol. The van der Waals surface area contributed by atoms with E-state index in [-0.39, 0.29) is 6.04 Å². The van der Waals surface area contributed by atoms with Crippen LogP contribution in [0.3, 0.4) is 0 Å². The molecular formula is C8H13BrN2S2. The Morgan fingerprint density at radius 3 is 3.00 bits per heavy atom. The van der Waals surface area contributed by atoms with Crippen molar-refractivity contribution in [1.29, 1.82) is 0 Å². The summed E-state index contributed by atoms with van der Waals surface area (Å²) in [6, 6.07) is 2.34. The van der Waals surface area contributed by atoms with Crippen molar-refractivity contribution in [2.24, 2.45) is 5.84 Å². The molecule has 2 nitrogen and oxygen atoms in total. The first-order valence-electron chi connectivity index (χ1n) is 3.97. The summed E-state index contributed by atoms with van der Waals surface area (Å²) in [7, 11) is 0. The lowest BCUT2D eigenvalue weighted by Crippen LogP contribution is -2.28. The van der Waals surface area contributed by atoms with Gasteiger partial charge in [-0.25, -0.2) is 0 Å². The molecule has 1 heterocycles. The van der Waals surface area contributed by atoms with Gasteiger partial charge in [-0.15, -0.1) is 11.3 Å². The van der Waals surface area contributed by atoms with Gasteiger partial charge in [-0.3, -0.25) is 11.3 Å². The Balaban J connectivity index is 2.61. The van der Waals surface area contributed by atoms with E-state index in [1.807, 2.05) is 11.8 Å². The van der Waals surface area contributed by atoms with Crippen LogP contribution in [-0.2, 0) is 0 Å². The van der Waals surface area contributed by atoms with Gasteiger partial charge >= 0.3 is 0 Å². The van der Waals surface area contributed by atoms with Gasteiger partial charge < -0.3 is 0 Å². The van der Waals surface area contributed by atoms with Gasteiger partial charge in [-0.2, -0.15) is 11.8 Å². The zero-order chi connectivity index (χ0) is 9.68. The number of nitrogens with two attached hydrogens (primary N) is 1. The minimum atomic E-state index is 0.279. The highest BCUT2D eigenvalue weighted by molar-refractivity contribution is 9.10. The van der Waals surface area contributed by atoms with Crippen molar-refractivity contribution in [3.8, 4) is 0 Å². The van der Waals surface area contributed by atoms with Crippen LogP contribution in [0, 0.1) is 0 Å². The topological polar surface area (TPSA) is 38.0 Å². The summed E-state index contributed by atoms with van der Waals surface area (Å²) in [6.45, 7) is 0. The molecule has 0 saturated carbocycles. The first-order chi connectivity index (χ1) is 6.29. The maximum Gasteiger partial charge on any atom is 0.0572 e. The fourth-order valence-electron chi connectivity index (χ4n) is 1.08. The van der Waals surface area contributed by atoms with E-state index in [9.17, 15) is 0 Å². The van der Waals surface area contributed by atoms with Crippen LogP contribution in [0.25, 0.3) is 0 Å². The average Bonchev–Trinajstić information content (AvgIpc) is 2.54. The smallest absolute Gasteiger partial charge is 0.0572 e. The number of hydrazine groups is 1. The molecule has 0 saturated heterocycles. The van der Waals surface area contributed by atoms with Crippen molar-refractivity contribution in [2.45, 2.75) is 12.5 Å². The van der Waals surface area contributed by atoms with Crippen LogP contribution >= 0.6 is 39.0 Å². The maximum atomic E-state index is 5.50. The fourth-order valence-corrected chi connectivity index (χ4v) is 3.30. The molecule has 0 aliphatic heterocycles. The number of thioether (sulfide) groups is 1. The molecule has 1 aromatic rings. The third kappa shape index (κ3) is 3.25. The molecule has 0 bridgehead atoms. The molecule has 13 heavy (non-hydrogen) atoms. The molecule has 0 amide bonds. The maximum absolute atomic E-state index is 5.50. The molecule has 0 aliphatic rings. The highest BCUT2D eigenvalue weighted by atomic mass is 79.9. The van der Waals surface area contributed by atoms with Crippen molar-refractivity contribution >= 4 is 39.0 Å². The van der Waals surface area contributed by atoms with Gasteiger partial charge in [-0.05, 0) is 45.8 Å². The highest BCUT2D eigenvalue weighted by Crippen LogP contribution is 2.30. The van der Waals surface area contributed by atoms with Gasteiger partial charge in [0.25, 0.3) is 0 Å². The van der Waals surface area contributed by atoms with Crippen LogP contribution in [0.5, 0.6) is 0 Å². The monoisotopic (exact) mass is 280 g/mol. The zero-order valence-electron chi connectivity index (χ0n) is 7.42. The summed E-state index contributed by atoms with van der Waals surface area (Å²) >= 11 is 7.08. The number of hydrogen-bond acceptors (Lipinski definition) is 4. The standard InChI is InChI=1S/C8H13BrN2S2/c1-12-4-3-7(11-10)8-6(9)2-5-13-8/h2,5,7,11H,3-4,10H2,1H3. The SMILES string of the molecule is CSCCC(NN)c1sccc1Br. The Morgan fingerprint density at radius 2 is 2.54 bits per heavy atom. The quantitative estimate of drug-likeness (QED) is 0.644. The minimum absolute atomic E-state index is 0.279. The summed E-state index contributed by atoms with van der Waals surface area (Å²) < 4.78 is 1.15. The Labute approximate surface area is 95.4 Å². The number of nitrogens with one attached hydrogen (secondary N) is 1. The lowest BCUT2D eigenvalue weighted by Gasteiger charge is -2.13. The van der Waals surface area contributed by atoms with Crippen LogP contribution < -0.4 is 11.3 Å². The second-order valence-electron chi connectivity index (χ2n) is 2.63. The van der Waals surface area contributed by atoms with E-state index in [4.69, 9.17) is 5.84 Å². The van der Waals surface area contributed by atoms with Crippen LogP contribution in [-0.4, -0.2) is 12.0 Å². The lowest BCUT2D eigenvalue weighted by atomic mass is 10.2. The van der Waals surface area contributed by atoms with Crippen molar-refractivity contribution < 1.29 is 0 Å². The van der Waals surface area contributed by atoms with Gasteiger partial charge in [0, 0.05) is 9.35 Å². The van der Waals surface area contributed by atoms with E-state index in [1.54, 1.807) is 11.3 Å². The van der Waals surface area contributed by atoms with Crippen molar-refractivity contribution in [3.63, 3.8) is 0 Å². The first kappa shape index (κ1) is 11.5. The van der Waals surface area contributed by atoms with Crippen molar-refractivity contribution in [3.05, 3.63) is 20.8 Å². The lowest BCUT2D eigenvalue weighted by molar-refractivity contribution is 0.550. The molecule has 0 aromatic carbocycles. The average molecular weight is 281 g/mol. The summed E-state index contributed by atoms with van der Waals surface area (Å²) in [5, 5.41) is 2.07. The Bertz CT molecular complexity index is 252. The number of hydrogen-bond donors (Lipinski definition) is 2. The third-order valence-electron chi connectivity index (χ3n) is 1.77. The molecule has 3 N–H and O–H groups in total. The number of halogens is 1. The van der Waals surface area contributed by atoms with Crippen LogP contribution in [0.1, 0.15) is 17.3 Å². The molecule has 1 unspecified atom stereocenters. The second kappa shape index (κ2) is 6.03. The first-order valence-corrected chi connectivity index (χ1v) is 7.04. The molecule has 5 heteroatoms. The van der Waals surface area contributed by atoms with Crippen molar-refractivity contribution in [2.75, 3.05) is 12.0 Å². The zero-order valence-corrected chi connectivity index (χ0v) is 10.6. The van der Waals surface area contributed by atoms with E-state index in [0.29, 0.717) is 0 Å². The third-order valence-corrected chi connectivity index (χ3v) is 4.40. The number of rotatable bonds is 5. The second-order valence-corrected chi connectivity index (χ2v) is 5.42. The molecule has 74 valence electrons. The molecule has 0 aliphatic carbocycles. The van der Waals surface area contributed by atoms with Gasteiger partial charge in [0.05, 0.1) is 6.04 Å². The van der Waals surface area contributed by atoms with E-state index in [1.165, 1.54) is 4.88 Å². The molecular weight excluding hydrogens is 268 g/mol. The minimum Gasteiger partial charge on any atom is -0.271 e. The fraction of sp³-hybridized carbons (Fsp3) is 0.500. The molecule has 0 fully saturated rings. The Morgan fingerprint density at radius 1 is 1.77 bits per heavy atom. The Hall–Kier alpha value is 0.450. The van der Waals surface area contributed by atoms with E-state index >= 15 is 0 Å². The van der Waals surface area contributed by atoms with Gasteiger partial charge in [-0.1, -0.05) is 0 Å². The van der Waals surface area contributed by atoms with E-state index < -0.39 is 0 Å². The van der Waals surface area contributed by atoms with Gasteiger partial charge in [0.1, 0.15) is 0 Å². The summed E-state index contributed by atoms with van der Waals surface area (Å²) in [5.41, 5.74) is 2.85. The van der Waals surface area contributed by atoms with Crippen molar-refractivity contribution in [1.82, 2.24) is 5.43 Å².